The summed E-state index contributed by atoms with van der Waals surface area (Å²) in [6.07, 6.45) is 3.99. The van der Waals surface area contributed by atoms with Gasteiger partial charge in [0.15, 0.2) is 0 Å². The zero-order chi connectivity index (χ0) is 21.7. The van der Waals surface area contributed by atoms with Gasteiger partial charge in [-0.2, -0.15) is 5.10 Å². The van der Waals surface area contributed by atoms with E-state index in [9.17, 15) is 14.4 Å². The second-order valence-electron chi connectivity index (χ2n) is 6.98. The third kappa shape index (κ3) is 5.34. The first-order valence-corrected chi connectivity index (χ1v) is 11.2. The molecule has 0 saturated carbocycles. The summed E-state index contributed by atoms with van der Waals surface area (Å²) in [5.41, 5.74) is 4.24. The highest BCUT2D eigenvalue weighted by molar-refractivity contribution is 9.10. The van der Waals surface area contributed by atoms with Gasteiger partial charge in [0.25, 0.3) is 0 Å². The molecule has 9 heteroatoms. The number of fused-ring (bicyclic) bond motifs is 1. The molecule has 2 amide bonds. The van der Waals surface area contributed by atoms with E-state index in [1.165, 1.54) is 17.6 Å². The largest absolute Gasteiger partial charge is 0.462 e. The maximum absolute atomic E-state index is 12.5. The average molecular weight is 492 g/mol. The van der Waals surface area contributed by atoms with Crippen LogP contribution in [0.4, 0.5) is 5.00 Å². The van der Waals surface area contributed by atoms with Gasteiger partial charge in [-0.25, -0.2) is 10.2 Å². The van der Waals surface area contributed by atoms with Crippen LogP contribution in [0.25, 0.3) is 0 Å². The number of benzene rings is 1. The third-order valence-electron chi connectivity index (χ3n) is 4.65. The molecule has 0 unspecified atom stereocenters. The highest BCUT2D eigenvalue weighted by Crippen LogP contribution is 2.40. The number of nitrogens with one attached hydrogen (secondary N) is 2. The first-order valence-electron chi connectivity index (χ1n) is 9.60. The molecule has 0 saturated heterocycles. The molecular weight excluding hydrogens is 470 g/mol. The van der Waals surface area contributed by atoms with Crippen molar-refractivity contribution < 1.29 is 19.1 Å². The van der Waals surface area contributed by atoms with E-state index in [2.05, 4.69) is 38.7 Å². The molecule has 0 spiro atoms. The Balaban J connectivity index is 1.72. The monoisotopic (exact) mass is 491 g/mol. The number of hydrogen-bond acceptors (Lipinski definition) is 6. The van der Waals surface area contributed by atoms with Gasteiger partial charge in [-0.1, -0.05) is 35.0 Å². The molecule has 1 atom stereocenters. The van der Waals surface area contributed by atoms with Crippen molar-refractivity contribution in [3.05, 3.63) is 50.3 Å². The highest BCUT2D eigenvalue weighted by atomic mass is 79.9. The van der Waals surface area contributed by atoms with E-state index in [1.807, 2.05) is 24.3 Å². The summed E-state index contributed by atoms with van der Waals surface area (Å²) in [4.78, 5) is 38.1. The van der Waals surface area contributed by atoms with E-state index in [-0.39, 0.29) is 6.61 Å². The zero-order valence-corrected chi connectivity index (χ0v) is 19.1. The predicted octanol–water partition coefficient (Wildman–Crippen LogP) is 3.90. The van der Waals surface area contributed by atoms with Crippen LogP contribution in [0.15, 0.2) is 33.8 Å². The van der Waals surface area contributed by atoms with Crippen LogP contribution in [0.1, 0.15) is 46.6 Å². The van der Waals surface area contributed by atoms with Crippen LogP contribution in [-0.2, 0) is 27.2 Å². The molecular formula is C21H22BrN3O4S. The summed E-state index contributed by atoms with van der Waals surface area (Å²) in [7, 11) is 0. The Kier molecular flexibility index (Phi) is 7.38. The van der Waals surface area contributed by atoms with Gasteiger partial charge in [0.05, 0.1) is 18.4 Å². The Hall–Kier alpha value is -2.52. The van der Waals surface area contributed by atoms with Crippen molar-refractivity contribution in [2.75, 3.05) is 11.9 Å². The minimum Gasteiger partial charge on any atom is -0.462 e. The highest BCUT2D eigenvalue weighted by Gasteiger charge is 2.30. The molecule has 2 N–H and O–H groups in total. The zero-order valence-electron chi connectivity index (χ0n) is 16.7. The molecule has 0 aliphatic heterocycles. The number of amides is 2. The Morgan fingerprint density at radius 3 is 2.87 bits per heavy atom. The Morgan fingerprint density at radius 2 is 2.13 bits per heavy atom. The number of ether oxygens (including phenoxy) is 1. The lowest BCUT2D eigenvalue weighted by atomic mass is 9.88. The van der Waals surface area contributed by atoms with Crippen molar-refractivity contribution in [3.63, 3.8) is 0 Å². The van der Waals surface area contributed by atoms with Crippen molar-refractivity contribution in [1.29, 1.82) is 0 Å². The molecule has 3 rings (SSSR count). The smallest absolute Gasteiger partial charge is 0.341 e. The molecule has 0 fully saturated rings. The van der Waals surface area contributed by atoms with E-state index >= 15 is 0 Å². The summed E-state index contributed by atoms with van der Waals surface area (Å²) < 4.78 is 6.05. The van der Waals surface area contributed by atoms with Gasteiger partial charge in [0, 0.05) is 9.35 Å². The van der Waals surface area contributed by atoms with Crippen LogP contribution in [0.3, 0.4) is 0 Å². The van der Waals surface area contributed by atoms with E-state index < -0.39 is 17.8 Å². The SMILES string of the molecule is CCOC(=O)c1c(NC(=O)C(=O)N/N=C\c2cccc(Br)c2)sc2c1CC[C@@H](C)C2. The lowest BCUT2D eigenvalue weighted by Gasteiger charge is -2.18. The number of esters is 1. The molecule has 1 aromatic heterocycles. The lowest BCUT2D eigenvalue weighted by molar-refractivity contribution is -0.136. The molecule has 7 nitrogen and oxygen atoms in total. The number of hydrazone groups is 1. The van der Waals surface area contributed by atoms with Crippen LogP contribution in [0.2, 0.25) is 0 Å². The van der Waals surface area contributed by atoms with Crippen molar-refractivity contribution >= 4 is 56.3 Å². The van der Waals surface area contributed by atoms with Gasteiger partial charge in [-0.05, 0) is 55.4 Å². The molecule has 1 aromatic carbocycles. The van der Waals surface area contributed by atoms with Gasteiger partial charge in [0.2, 0.25) is 0 Å². The number of thiophene rings is 1. The number of rotatable bonds is 5. The lowest BCUT2D eigenvalue weighted by Crippen LogP contribution is -2.32. The Morgan fingerprint density at radius 1 is 1.33 bits per heavy atom. The van der Waals surface area contributed by atoms with E-state index in [0.29, 0.717) is 16.5 Å². The molecule has 2 aromatic rings. The topological polar surface area (TPSA) is 96.9 Å². The molecule has 0 bridgehead atoms. The summed E-state index contributed by atoms with van der Waals surface area (Å²) in [5, 5.41) is 6.73. The summed E-state index contributed by atoms with van der Waals surface area (Å²) >= 11 is 4.68. The molecule has 0 radical (unpaired) electrons. The quantitative estimate of drug-likeness (QED) is 0.286. The first kappa shape index (κ1) is 22.2. The number of halogens is 1. The van der Waals surface area contributed by atoms with E-state index in [4.69, 9.17) is 4.74 Å². The normalized spacial score (nSPS) is 15.5. The predicted molar refractivity (Wildman–Crippen MR) is 120 cm³/mol. The fourth-order valence-electron chi connectivity index (χ4n) is 3.22. The van der Waals surface area contributed by atoms with Crippen molar-refractivity contribution in [2.24, 2.45) is 11.0 Å². The van der Waals surface area contributed by atoms with Crippen molar-refractivity contribution in [1.82, 2.24) is 5.43 Å². The molecule has 1 aliphatic rings. The Bertz CT molecular complexity index is 1000. The number of anilines is 1. The molecule has 1 aliphatic carbocycles. The molecule has 158 valence electrons. The number of carbonyl (C=O) groups excluding carboxylic acids is 3. The van der Waals surface area contributed by atoms with Crippen LogP contribution in [0.5, 0.6) is 0 Å². The summed E-state index contributed by atoms with van der Waals surface area (Å²) in [5.74, 6) is -1.78. The number of nitrogens with zero attached hydrogens (tertiary/aromatic N) is 1. The maximum atomic E-state index is 12.5. The first-order chi connectivity index (χ1) is 14.4. The minimum atomic E-state index is -0.921. The number of carbonyl (C=O) groups is 3. The van der Waals surface area contributed by atoms with Crippen molar-refractivity contribution in [3.8, 4) is 0 Å². The molecule has 30 heavy (non-hydrogen) atoms. The van der Waals surface area contributed by atoms with Crippen LogP contribution >= 0.6 is 27.3 Å². The van der Waals surface area contributed by atoms with Gasteiger partial charge < -0.3 is 10.1 Å². The minimum absolute atomic E-state index is 0.234. The van der Waals surface area contributed by atoms with Gasteiger partial charge in [0.1, 0.15) is 5.00 Å². The van der Waals surface area contributed by atoms with Gasteiger partial charge in [-0.15, -0.1) is 11.3 Å². The van der Waals surface area contributed by atoms with Crippen LogP contribution < -0.4 is 10.7 Å². The van der Waals surface area contributed by atoms with Crippen LogP contribution in [0, 0.1) is 5.92 Å². The summed E-state index contributed by atoms with van der Waals surface area (Å²) in [6, 6.07) is 7.32. The molecule has 1 heterocycles. The fourth-order valence-corrected chi connectivity index (χ4v) is 5.03. The van der Waals surface area contributed by atoms with Gasteiger partial charge >= 0.3 is 17.8 Å². The Labute approximate surface area is 187 Å². The number of hydrogen-bond donors (Lipinski definition) is 2. The maximum Gasteiger partial charge on any atom is 0.341 e. The third-order valence-corrected chi connectivity index (χ3v) is 6.32. The van der Waals surface area contributed by atoms with E-state index in [0.717, 1.165) is 39.7 Å². The second-order valence-corrected chi connectivity index (χ2v) is 9.01. The van der Waals surface area contributed by atoms with Crippen molar-refractivity contribution in [2.45, 2.75) is 33.1 Å². The van der Waals surface area contributed by atoms with Crippen LogP contribution in [-0.4, -0.2) is 30.6 Å². The van der Waals surface area contributed by atoms with E-state index in [1.54, 1.807) is 6.92 Å². The fraction of sp³-hybridized carbons (Fsp3) is 0.333. The standard InChI is InChI=1S/C21H22BrN3O4S/c1-3-29-21(28)17-15-8-7-12(2)9-16(15)30-20(17)24-18(26)19(27)25-23-11-13-5-4-6-14(22)10-13/h4-6,10-12H,3,7-9H2,1-2H3,(H,24,26)(H,25,27)/b23-11-/t12-/m1/s1. The average Bonchev–Trinajstić information content (AvgIpc) is 3.04. The summed E-state index contributed by atoms with van der Waals surface area (Å²) in [6.45, 7) is 4.12. The second kappa shape index (κ2) is 9.99. The van der Waals surface area contributed by atoms with Gasteiger partial charge in [-0.3, -0.25) is 9.59 Å².